The van der Waals surface area contributed by atoms with Crippen LogP contribution in [-0.4, -0.2) is 22.5 Å². The zero-order chi connectivity index (χ0) is 15.1. The molecule has 1 atom stereocenters. The molecule has 2 rings (SSSR count). The smallest absolute Gasteiger partial charge is 0.244 e. The largest absolute Gasteiger partial charge is 0.387 e. The molecule has 0 saturated heterocycles. The number of hydrogen-bond acceptors (Lipinski definition) is 3. The highest BCUT2D eigenvalue weighted by Gasteiger charge is 2.08. The summed E-state index contributed by atoms with van der Waals surface area (Å²) in [5.41, 5.74) is 1.22. The molecule has 0 fully saturated rings. The zero-order valence-corrected chi connectivity index (χ0v) is 11.2. The van der Waals surface area contributed by atoms with Gasteiger partial charge in [0.05, 0.1) is 11.8 Å². The van der Waals surface area contributed by atoms with Crippen LogP contribution in [0.25, 0.3) is 6.08 Å². The zero-order valence-electron chi connectivity index (χ0n) is 11.2. The van der Waals surface area contributed by atoms with Gasteiger partial charge in [0.25, 0.3) is 0 Å². The third kappa shape index (κ3) is 4.81. The van der Waals surface area contributed by atoms with Crippen LogP contribution < -0.4 is 5.32 Å². The minimum absolute atomic E-state index is 0.0526. The van der Waals surface area contributed by atoms with Crippen LogP contribution in [0.4, 0.5) is 4.39 Å². The number of hydrogen-bond donors (Lipinski definition) is 2. The molecular formula is C16H15FN2O2. The summed E-state index contributed by atoms with van der Waals surface area (Å²) in [5, 5.41) is 12.4. The molecule has 0 spiro atoms. The van der Waals surface area contributed by atoms with Crippen LogP contribution in [0.2, 0.25) is 0 Å². The molecule has 1 aromatic heterocycles. The second-order valence-electron chi connectivity index (χ2n) is 4.40. The molecule has 0 saturated carbocycles. The molecule has 1 unspecified atom stereocenters. The van der Waals surface area contributed by atoms with E-state index in [1.807, 2.05) is 6.07 Å². The SMILES string of the molecule is O=C(/C=C/c1ccccn1)NCC(O)c1ccc(F)cc1. The van der Waals surface area contributed by atoms with E-state index in [1.165, 1.54) is 30.3 Å². The van der Waals surface area contributed by atoms with Crippen molar-refractivity contribution in [1.82, 2.24) is 10.3 Å². The summed E-state index contributed by atoms with van der Waals surface area (Å²) < 4.78 is 12.8. The van der Waals surface area contributed by atoms with Crippen LogP contribution in [0, 0.1) is 5.82 Å². The van der Waals surface area contributed by atoms with Crippen LogP contribution in [0.3, 0.4) is 0 Å². The van der Waals surface area contributed by atoms with Gasteiger partial charge in [-0.05, 0) is 35.9 Å². The molecule has 21 heavy (non-hydrogen) atoms. The van der Waals surface area contributed by atoms with Crippen molar-refractivity contribution in [2.45, 2.75) is 6.10 Å². The highest BCUT2D eigenvalue weighted by Crippen LogP contribution is 2.12. The Labute approximate surface area is 122 Å². The van der Waals surface area contributed by atoms with E-state index >= 15 is 0 Å². The molecular weight excluding hydrogens is 271 g/mol. The maximum Gasteiger partial charge on any atom is 0.244 e. The fourth-order valence-electron chi connectivity index (χ4n) is 1.69. The Bertz CT molecular complexity index is 612. The molecule has 0 aliphatic carbocycles. The first-order valence-electron chi connectivity index (χ1n) is 6.45. The van der Waals surface area contributed by atoms with Crippen molar-refractivity contribution in [3.05, 3.63) is 71.8 Å². The second kappa shape index (κ2) is 7.31. The molecule has 0 aliphatic rings. The normalized spacial score (nSPS) is 12.3. The number of aliphatic hydroxyl groups is 1. The molecule has 2 N–H and O–H groups in total. The lowest BCUT2D eigenvalue weighted by molar-refractivity contribution is -0.116. The summed E-state index contributed by atoms with van der Waals surface area (Å²) >= 11 is 0. The van der Waals surface area contributed by atoms with E-state index in [0.717, 1.165) is 0 Å². The second-order valence-corrected chi connectivity index (χ2v) is 4.40. The average molecular weight is 286 g/mol. The van der Waals surface area contributed by atoms with Crippen molar-refractivity contribution in [2.75, 3.05) is 6.54 Å². The van der Waals surface area contributed by atoms with Gasteiger partial charge in [-0.1, -0.05) is 18.2 Å². The van der Waals surface area contributed by atoms with Crippen LogP contribution in [-0.2, 0) is 4.79 Å². The minimum Gasteiger partial charge on any atom is -0.387 e. The number of carbonyl (C=O) groups is 1. The first kappa shape index (κ1) is 14.9. The number of aromatic nitrogens is 1. The maximum absolute atomic E-state index is 12.8. The summed E-state index contributed by atoms with van der Waals surface area (Å²) in [4.78, 5) is 15.7. The number of halogens is 1. The van der Waals surface area contributed by atoms with Crippen molar-refractivity contribution in [2.24, 2.45) is 0 Å². The van der Waals surface area contributed by atoms with Gasteiger partial charge in [0.15, 0.2) is 0 Å². The lowest BCUT2D eigenvalue weighted by atomic mass is 10.1. The van der Waals surface area contributed by atoms with Gasteiger partial charge in [0.1, 0.15) is 5.82 Å². The summed E-state index contributed by atoms with van der Waals surface area (Å²) in [6, 6.07) is 10.9. The fourth-order valence-corrected chi connectivity index (χ4v) is 1.69. The monoisotopic (exact) mass is 286 g/mol. The maximum atomic E-state index is 12.8. The van der Waals surface area contributed by atoms with Gasteiger partial charge < -0.3 is 10.4 Å². The molecule has 5 heteroatoms. The molecule has 4 nitrogen and oxygen atoms in total. The van der Waals surface area contributed by atoms with Crippen molar-refractivity contribution in [3.8, 4) is 0 Å². The molecule has 1 amide bonds. The van der Waals surface area contributed by atoms with Crippen molar-refractivity contribution in [3.63, 3.8) is 0 Å². The van der Waals surface area contributed by atoms with E-state index in [2.05, 4.69) is 10.3 Å². The van der Waals surface area contributed by atoms with Gasteiger partial charge >= 0.3 is 0 Å². The third-order valence-corrected chi connectivity index (χ3v) is 2.82. The van der Waals surface area contributed by atoms with Gasteiger partial charge in [0, 0.05) is 18.8 Å². The van der Waals surface area contributed by atoms with E-state index < -0.39 is 6.10 Å². The molecule has 1 heterocycles. The van der Waals surface area contributed by atoms with E-state index in [1.54, 1.807) is 24.4 Å². The Morgan fingerprint density at radius 2 is 2.05 bits per heavy atom. The van der Waals surface area contributed by atoms with E-state index in [4.69, 9.17) is 0 Å². The van der Waals surface area contributed by atoms with E-state index in [-0.39, 0.29) is 18.3 Å². The van der Waals surface area contributed by atoms with Crippen LogP contribution in [0.15, 0.2) is 54.7 Å². The molecule has 108 valence electrons. The lowest BCUT2D eigenvalue weighted by Gasteiger charge is -2.11. The van der Waals surface area contributed by atoms with Crippen molar-refractivity contribution in [1.29, 1.82) is 0 Å². The molecule has 1 aromatic carbocycles. The summed E-state index contributed by atoms with van der Waals surface area (Å²) in [5.74, 6) is -0.699. The number of nitrogens with zero attached hydrogens (tertiary/aromatic N) is 1. The van der Waals surface area contributed by atoms with E-state index in [0.29, 0.717) is 11.3 Å². The standard InChI is InChI=1S/C16H15FN2O2/c17-13-6-4-12(5-7-13)15(20)11-19-16(21)9-8-14-3-1-2-10-18-14/h1-10,15,20H,11H2,(H,19,21)/b9-8+. The highest BCUT2D eigenvalue weighted by molar-refractivity contribution is 5.91. The number of amides is 1. The quantitative estimate of drug-likeness (QED) is 0.827. The van der Waals surface area contributed by atoms with Gasteiger partial charge in [-0.3, -0.25) is 9.78 Å². The van der Waals surface area contributed by atoms with Gasteiger partial charge in [0.2, 0.25) is 5.91 Å². The van der Waals surface area contributed by atoms with Gasteiger partial charge in [-0.2, -0.15) is 0 Å². The average Bonchev–Trinajstić information content (AvgIpc) is 2.52. The number of benzene rings is 1. The minimum atomic E-state index is -0.877. The molecule has 0 radical (unpaired) electrons. The first-order valence-corrected chi connectivity index (χ1v) is 6.45. The molecule has 0 aliphatic heterocycles. The highest BCUT2D eigenvalue weighted by atomic mass is 19.1. The third-order valence-electron chi connectivity index (χ3n) is 2.82. The number of nitrogens with one attached hydrogen (secondary N) is 1. The Morgan fingerprint density at radius 1 is 1.29 bits per heavy atom. The lowest BCUT2D eigenvalue weighted by Crippen LogP contribution is -2.26. The number of pyridine rings is 1. The van der Waals surface area contributed by atoms with Crippen LogP contribution in [0.5, 0.6) is 0 Å². The number of rotatable bonds is 5. The Hall–Kier alpha value is -2.53. The van der Waals surface area contributed by atoms with Crippen molar-refractivity contribution < 1.29 is 14.3 Å². The summed E-state index contributed by atoms with van der Waals surface area (Å²) in [7, 11) is 0. The van der Waals surface area contributed by atoms with Gasteiger partial charge in [-0.15, -0.1) is 0 Å². The topological polar surface area (TPSA) is 62.2 Å². The molecule has 0 bridgehead atoms. The Morgan fingerprint density at radius 3 is 2.71 bits per heavy atom. The number of carbonyl (C=O) groups excluding carboxylic acids is 1. The van der Waals surface area contributed by atoms with E-state index in [9.17, 15) is 14.3 Å². The predicted molar refractivity (Wildman–Crippen MR) is 77.6 cm³/mol. The Kier molecular flexibility index (Phi) is 5.17. The molecule has 2 aromatic rings. The summed E-state index contributed by atoms with van der Waals surface area (Å²) in [6.45, 7) is 0.0526. The van der Waals surface area contributed by atoms with Crippen molar-refractivity contribution >= 4 is 12.0 Å². The fraction of sp³-hybridized carbons (Fsp3) is 0.125. The first-order chi connectivity index (χ1) is 10.1. The van der Waals surface area contributed by atoms with Gasteiger partial charge in [-0.25, -0.2) is 4.39 Å². The van der Waals surface area contributed by atoms with Crippen LogP contribution >= 0.6 is 0 Å². The summed E-state index contributed by atoms with van der Waals surface area (Å²) in [6.07, 6.45) is 3.69. The van der Waals surface area contributed by atoms with Crippen LogP contribution in [0.1, 0.15) is 17.4 Å². The number of aliphatic hydroxyl groups excluding tert-OH is 1. The Balaban J connectivity index is 1.83. The predicted octanol–water partition coefficient (Wildman–Crippen LogP) is 2.08.